The van der Waals surface area contributed by atoms with Gasteiger partial charge in [0.2, 0.25) is 0 Å². The minimum absolute atomic E-state index is 0.0339. The van der Waals surface area contributed by atoms with E-state index in [9.17, 15) is 22.8 Å². The molecule has 3 rings (SSSR count). The van der Waals surface area contributed by atoms with Crippen LogP contribution in [-0.4, -0.2) is 40.0 Å². The number of imidazole rings is 1. The number of nitriles is 1. The largest absolute Gasteiger partial charge is 0.491 e. The van der Waals surface area contributed by atoms with E-state index in [1.807, 2.05) is 6.07 Å². The summed E-state index contributed by atoms with van der Waals surface area (Å²) in [6, 6.07) is 7.53. The highest BCUT2D eigenvalue weighted by atomic mass is 35.5. The summed E-state index contributed by atoms with van der Waals surface area (Å²) in [5, 5.41) is 8.53. The quantitative estimate of drug-likeness (QED) is 0.294. The molecule has 0 saturated carbocycles. The van der Waals surface area contributed by atoms with Crippen molar-refractivity contribution in [2.45, 2.75) is 12.7 Å². The van der Waals surface area contributed by atoms with E-state index in [-0.39, 0.29) is 33.5 Å². The van der Waals surface area contributed by atoms with Crippen LogP contribution in [-0.2, 0) is 11.3 Å². The van der Waals surface area contributed by atoms with Crippen LogP contribution in [0.1, 0.15) is 21.6 Å². The summed E-state index contributed by atoms with van der Waals surface area (Å²) in [5.41, 5.74) is -0.405. The zero-order valence-electron chi connectivity index (χ0n) is 17.7. The summed E-state index contributed by atoms with van der Waals surface area (Å²) in [6.45, 7) is -0.371. The minimum atomic E-state index is -5.30. The van der Waals surface area contributed by atoms with Crippen molar-refractivity contribution in [2.24, 2.45) is 0 Å². The van der Waals surface area contributed by atoms with Crippen LogP contribution in [0.15, 0.2) is 30.3 Å². The molecule has 8 nitrogen and oxygen atoms in total. The molecule has 1 aromatic heterocycles. The Bertz CT molecular complexity index is 1390. The molecule has 0 bridgehead atoms. The number of aromatic nitrogens is 2. The third-order valence-electron chi connectivity index (χ3n) is 4.38. The van der Waals surface area contributed by atoms with E-state index in [2.05, 4.69) is 14.7 Å². The molecule has 0 spiro atoms. The average molecular weight is 566 g/mol. The molecular weight excluding hydrogens is 555 g/mol. The van der Waals surface area contributed by atoms with Gasteiger partial charge in [-0.1, -0.05) is 40.9 Å². The normalized spacial score (nSPS) is 11.1. The van der Waals surface area contributed by atoms with Crippen LogP contribution in [0.25, 0.3) is 0 Å². The standard InChI is InChI=1S/C21H11Cl3F4N4O4/c1-32(18(33)15-17(24)31-20(30-15)36-19(34)21(26,27)28)8-10-2-3-13(23)16(14(10)25)35-12-5-9(7-29)4-11(22)6-12/h2-6H,8H2,1H3,(H,30,31). The number of carbonyl (C=O) groups excluding carboxylic acids is 2. The summed E-state index contributed by atoms with van der Waals surface area (Å²) in [4.78, 5) is 30.1. The molecule has 0 unspecified atom stereocenters. The molecule has 3 aromatic rings. The van der Waals surface area contributed by atoms with Gasteiger partial charge in [0.25, 0.3) is 5.91 Å². The second-order valence-electron chi connectivity index (χ2n) is 7.00. The Morgan fingerprint density at radius 2 is 1.89 bits per heavy atom. The highest BCUT2D eigenvalue weighted by Gasteiger charge is 2.42. The summed E-state index contributed by atoms with van der Waals surface area (Å²) >= 11 is 17.8. The second kappa shape index (κ2) is 10.6. The molecule has 0 atom stereocenters. The lowest BCUT2D eigenvalue weighted by molar-refractivity contribution is -0.190. The number of aromatic amines is 1. The highest BCUT2D eigenvalue weighted by Crippen LogP contribution is 2.35. The van der Waals surface area contributed by atoms with Crippen molar-refractivity contribution >= 4 is 46.7 Å². The second-order valence-corrected chi connectivity index (χ2v) is 8.20. The van der Waals surface area contributed by atoms with Crippen molar-refractivity contribution in [2.75, 3.05) is 7.05 Å². The van der Waals surface area contributed by atoms with Crippen LogP contribution >= 0.6 is 34.8 Å². The van der Waals surface area contributed by atoms with E-state index in [1.54, 1.807) is 0 Å². The topological polar surface area (TPSA) is 108 Å². The number of halogens is 7. The summed E-state index contributed by atoms with van der Waals surface area (Å²) < 4.78 is 61.8. The highest BCUT2D eigenvalue weighted by molar-refractivity contribution is 6.32. The molecule has 188 valence electrons. The third-order valence-corrected chi connectivity index (χ3v) is 5.17. The van der Waals surface area contributed by atoms with Crippen LogP contribution in [0.2, 0.25) is 15.2 Å². The van der Waals surface area contributed by atoms with Crippen molar-refractivity contribution in [1.82, 2.24) is 14.9 Å². The maximum absolute atomic E-state index is 15.2. The van der Waals surface area contributed by atoms with Gasteiger partial charge in [-0.25, -0.2) is 9.18 Å². The van der Waals surface area contributed by atoms with Crippen molar-refractivity contribution < 1.29 is 36.6 Å². The summed E-state index contributed by atoms with van der Waals surface area (Å²) in [7, 11) is 1.24. The molecule has 1 amide bonds. The maximum atomic E-state index is 15.2. The molecule has 2 aromatic carbocycles. The van der Waals surface area contributed by atoms with Crippen molar-refractivity contribution in [3.8, 4) is 23.6 Å². The first kappa shape index (κ1) is 27.1. The number of amides is 1. The number of hydrogen-bond donors (Lipinski definition) is 1. The van der Waals surface area contributed by atoms with Crippen molar-refractivity contribution in [3.63, 3.8) is 0 Å². The van der Waals surface area contributed by atoms with Crippen LogP contribution in [0.4, 0.5) is 17.6 Å². The number of carbonyl (C=O) groups is 2. The monoisotopic (exact) mass is 564 g/mol. The van der Waals surface area contributed by atoms with Crippen molar-refractivity contribution in [3.05, 3.63) is 68.2 Å². The molecule has 0 aliphatic carbocycles. The minimum Gasteiger partial charge on any atom is -0.453 e. The SMILES string of the molecule is CN(Cc1ccc(Cl)c(Oc2cc(Cl)cc(C#N)c2)c1F)C(=O)c1[nH]c(OC(=O)C(F)(F)F)nc1Cl. The van der Waals surface area contributed by atoms with E-state index in [4.69, 9.17) is 44.8 Å². The van der Waals surface area contributed by atoms with Gasteiger partial charge < -0.3 is 19.4 Å². The van der Waals surface area contributed by atoms with Gasteiger partial charge in [0.1, 0.15) is 11.4 Å². The fourth-order valence-electron chi connectivity index (χ4n) is 2.78. The molecule has 0 saturated heterocycles. The molecule has 36 heavy (non-hydrogen) atoms. The van der Waals surface area contributed by atoms with Gasteiger partial charge in [0.15, 0.2) is 16.7 Å². The van der Waals surface area contributed by atoms with Gasteiger partial charge in [0, 0.05) is 24.2 Å². The molecule has 1 N–H and O–H groups in total. The smallest absolute Gasteiger partial charge is 0.453 e. The number of nitrogens with zero attached hydrogens (tertiary/aromatic N) is 3. The number of nitrogens with one attached hydrogen (secondary N) is 1. The fraction of sp³-hybridized carbons (Fsp3) is 0.143. The zero-order chi connectivity index (χ0) is 26.8. The number of ether oxygens (including phenoxy) is 2. The van der Waals surface area contributed by atoms with Gasteiger partial charge in [0.05, 0.1) is 16.7 Å². The Kier molecular flexibility index (Phi) is 7.98. The third kappa shape index (κ3) is 6.17. The fourth-order valence-corrected chi connectivity index (χ4v) is 3.39. The molecule has 1 heterocycles. The molecule has 0 fully saturated rings. The zero-order valence-corrected chi connectivity index (χ0v) is 20.0. The van der Waals surface area contributed by atoms with Crippen LogP contribution in [0.3, 0.4) is 0 Å². The van der Waals surface area contributed by atoms with E-state index in [1.165, 1.54) is 37.4 Å². The predicted molar refractivity (Wildman–Crippen MR) is 119 cm³/mol. The summed E-state index contributed by atoms with van der Waals surface area (Å²) in [5.74, 6) is -4.78. The van der Waals surface area contributed by atoms with E-state index in [0.717, 1.165) is 4.90 Å². The summed E-state index contributed by atoms with van der Waals surface area (Å²) in [6.07, 6.45) is -5.30. The number of H-pyrrole nitrogens is 1. The van der Waals surface area contributed by atoms with Crippen molar-refractivity contribution in [1.29, 1.82) is 5.26 Å². The average Bonchev–Trinajstić information content (AvgIpc) is 3.16. The van der Waals surface area contributed by atoms with Gasteiger partial charge in [-0.3, -0.25) is 4.79 Å². The van der Waals surface area contributed by atoms with E-state index < -0.39 is 46.5 Å². The number of hydrogen-bond acceptors (Lipinski definition) is 6. The number of esters is 1. The van der Waals surface area contributed by atoms with Crippen LogP contribution in [0, 0.1) is 17.1 Å². The first-order valence-electron chi connectivity index (χ1n) is 9.45. The van der Waals surface area contributed by atoms with Crippen LogP contribution < -0.4 is 9.47 Å². The lowest BCUT2D eigenvalue weighted by Crippen LogP contribution is -2.28. The number of benzene rings is 2. The molecule has 15 heteroatoms. The lowest BCUT2D eigenvalue weighted by Gasteiger charge is -2.18. The molecule has 0 aliphatic heterocycles. The number of alkyl halides is 3. The van der Waals surface area contributed by atoms with Gasteiger partial charge >= 0.3 is 18.2 Å². The van der Waals surface area contributed by atoms with Crippen LogP contribution in [0.5, 0.6) is 17.5 Å². The van der Waals surface area contributed by atoms with E-state index in [0.29, 0.717) is 0 Å². The predicted octanol–water partition coefficient (Wildman–Crippen LogP) is 5.91. The maximum Gasteiger partial charge on any atom is 0.491 e. The Labute approximate surface area is 214 Å². The Balaban J connectivity index is 1.81. The van der Waals surface area contributed by atoms with Gasteiger partial charge in [-0.2, -0.15) is 23.4 Å². The Hall–Kier alpha value is -3.53. The molecular formula is C21H11Cl3F4N4O4. The van der Waals surface area contributed by atoms with Gasteiger partial charge in [-0.15, -0.1) is 0 Å². The first-order chi connectivity index (χ1) is 16.8. The van der Waals surface area contributed by atoms with E-state index >= 15 is 4.39 Å². The Morgan fingerprint density at radius 1 is 1.19 bits per heavy atom. The first-order valence-corrected chi connectivity index (χ1v) is 10.6. The van der Waals surface area contributed by atoms with Gasteiger partial charge in [-0.05, 0) is 24.3 Å². The number of rotatable bonds is 6. The lowest BCUT2D eigenvalue weighted by atomic mass is 10.1. The molecule has 0 radical (unpaired) electrons. The molecule has 0 aliphatic rings. The Morgan fingerprint density at radius 3 is 2.53 bits per heavy atom.